The second-order valence-corrected chi connectivity index (χ2v) is 5.42. The van der Waals surface area contributed by atoms with E-state index in [1.54, 1.807) is 0 Å². The third kappa shape index (κ3) is 3.34. The molecule has 2 atom stereocenters. The first-order valence-electron chi connectivity index (χ1n) is 6.81. The van der Waals surface area contributed by atoms with Gasteiger partial charge in [0.2, 0.25) is 5.82 Å². The van der Waals surface area contributed by atoms with Crippen LogP contribution in [0.1, 0.15) is 36.5 Å². The molecule has 1 aliphatic rings. The lowest BCUT2D eigenvalue weighted by atomic mass is 9.98. The number of rotatable bonds is 4. The van der Waals surface area contributed by atoms with Gasteiger partial charge >= 0.3 is 5.69 Å². The van der Waals surface area contributed by atoms with Gasteiger partial charge in [-0.25, -0.2) is 4.39 Å². The van der Waals surface area contributed by atoms with Gasteiger partial charge in [-0.15, -0.1) is 0 Å². The Morgan fingerprint density at radius 3 is 2.71 bits per heavy atom. The van der Waals surface area contributed by atoms with Crippen molar-refractivity contribution in [1.29, 1.82) is 0 Å². The molecule has 1 aromatic rings. The van der Waals surface area contributed by atoms with Crippen molar-refractivity contribution in [2.45, 2.75) is 26.2 Å². The van der Waals surface area contributed by atoms with E-state index in [2.05, 4.69) is 12.2 Å². The number of amides is 1. The Morgan fingerprint density at radius 1 is 1.43 bits per heavy atom. The van der Waals surface area contributed by atoms with Crippen LogP contribution in [0, 0.1) is 33.6 Å². The number of nitrogens with one attached hydrogen (secondary N) is 1. The van der Waals surface area contributed by atoms with Gasteiger partial charge in [0.15, 0.2) is 0 Å². The van der Waals surface area contributed by atoms with Crippen molar-refractivity contribution in [3.63, 3.8) is 0 Å². The monoisotopic (exact) mass is 298 g/mol. The first-order valence-corrected chi connectivity index (χ1v) is 6.81. The van der Waals surface area contributed by atoms with E-state index in [1.165, 1.54) is 0 Å². The van der Waals surface area contributed by atoms with Crippen LogP contribution in [0.3, 0.4) is 0 Å². The van der Waals surface area contributed by atoms with Crippen LogP contribution in [-0.2, 0) is 0 Å². The van der Waals surface area contributed by atoms with Crippen molar-refractivity contribution in [3.05, 3.63) is 39.4 Å². The summed E-state index contributed by atoms with van der Waals surface area (Å²) < 4.78 is 27.1. The number of nitro benzene ring substituents is 1. The van der Waals surface area contributed by atoms with Crippen molar-refractivity contribution < 1.29 is 18.5 Å². The van der Waals surface area contributed by atoms with Gasteiger partial charge in [0, 0.05) is 6.54 Å². The van der Waals surface area contributed by atoms with Crippen LogP contribution in [0.25, 0.3) is 0 Å². The average molecular weight is 298 g/mol. The highest BCUT2D eigenvalue weighted by Crippen LogP contribution is 2.30. The van der Waals surface area contributed by atoms with Crippen molar-refractivity contribution in [3.8, 4) is 0 Å². The Morgan fingerprint density at radius 2 is 2.14 bits per heavy atom. The summed E-state index contributed by atoms with van der Waals surface area (Å²) >= 11 is 0. The molecular weight excluding hydrogens is 282 g/mol. The fourth-order valence-electron chi connectivity index (χ4n) is 2.72. The predicted molar refractivity (Wildman–Crippen MR) is 71.9 cm³/mol. The lowest BCUT2D eigenvalue weighted by molar-refractivity contribution is -0.387. The minimum Gasteiger partial charge on any atom is -0.352 e. The molecule has 1 saturated carbocycles. The largest absolute Gasteiger partial charge is 0.352 e. The van der Waals surface area contributed by atoms with Crippen molar-refractivity contribution in [1.82, 2.24) is 5.32 Å². The molecule has 2 rings (SSSR count). The van der Waals surface area contributed by atoms with E-state index in [-0.39, 0.29) is 0 Å². The molecule has 7 heteroatoms. The van der Waals surface area contributed by atoms with Gasteiger partial charge in [-0.05, 0) is 24.3 Å². The molecule has 0 aliphatic heterocycles. The summed E-state index contributed by atoms with van der Waals surface area (Å²) in [7, 11) is 0. The Kier molecular flexibility index (Phi) is 4.50. The standard InChI is InChI=1S/C14H16F2N2O3/c1-8-3-2-4-9(8)7-17-14(19)11-5-10(15)6-12(13(11)16)18(20)21/h5-6,8-9H,2-4,7H2,1H3,(H,17,19). The summed E-state index contributed by atoms with van der Waals surface area (Å²) in [5.74, 6) is -2.37. The van der Waals surface area contributed by atoms with E-state index in [9.17, 15) is 23.7 Å². The molecule has 5 nitrogen and oxygen atoms in total. The molecule has 114 valence electrons. The highest BCUT2D eigenvalue weighted by molar-refractivity contribution is 5.95. The number of nitro groups is 1. The third-order valence-corrected chi connectivity index (χ3v) is 4.02. The van der Waals surface area contributed by atoms with Gasteiger partial charge in [-0.3, -0.25) is 14.9 Å². The molecule has 1 amide bonds. The number of hydrogen-bond donors (Lipinski definition) is 1. The Balaban J connectivity index is 2.13. The zero-order valence-corrected chi connectivity index (χ0v) is 11.6. The zero-order chi connectivity index (χ0) is 15.6. The molecule has 1 aromatic carbocycles. The normalized spacial score (nSPS) is 21.3. The molecule has 0 aromatic heterocycles. The summed E-state index contributed by atoms with van der Waals surface area (Å²) in [5, 5.41) is 13.2. The van der Waals surface area contributed by atoms with Gasteiger partial charge in [0.05, 0.1) is 16.6 Å². The zero-order valence-electron chi connectivity index (χ0n) is 11.6. The number of carbonyl (C=O) groups excluding carboxylic acids is 1. The van der Waals surface area contributed by atoms with Crippen LogP contribution in [0.4, 0.5) is 14.5 Å². The van der Waals surface area contributed by atoms with Gasteiger partial charge in [0.1, 0.15) is 5.82 Å². The topological polar surface area (TPSA) is 72.2 Å². The van der Waals surface area contributed by atoms with Crippen LogP contribution < -0.4 is 5.32 Å². The number of halogens is 2. The first-order chi connectivity index (χ1) is 9.90. The molecule has 2 unspecified atom stereocenters. The van der Waals surface area contributed by atoms with Crippen LogP contribution in [0.2, 0.25) is 0 Å². The maximum atomic E-state index is 13.9. The summed E-state index contributed by atoms with van der Waals surface area (Å²) in [4.78, 5) is 21.5. The Bertz CT molecular complexity index is 578. The fraction of sp³-hybridized carbons (Fsp3) is 0.500. The molecule has 1 fully saturated rings. The molecule has 0 spiro atoms. The number of nitrogens with zero attached hydrogens (tertiary/aromatic N) is 1. The minimum absolute atomic E-state index is 0.306. The van der Waals surface area contributed by atoms with Crippen molar-refractivity contribution in [2.75, 3.05) is 6.54 Å². The van der Waals surface area contributed by atoms with E-state index in [0.29, 0.717) is 30.5 Å². The summed E-state index contributed by atoms with van der Waals surface area (Å²) in [6.07, 6.45) is 3.15. The fourth-order valence-corrected chi connectivity index (χ4v) is 2.72. The highest BCUT2D eigenvalue weighted by atomic mass is 19.1. The van der Waals surface area contributed by atoms with E-state index >= 15 is 0 Å². The minimum atomic E-state index is -1.31. The highest BCUT2D eigenvalue weighted by Gasteiger charge is 2.27. The van der Waals surface area contributed by atoms with E-state index < -0.39 is 33.7 Å². The van der Waals surface area contributed by atoms with Gasteiger partial charge in [0.25, 0.3) is 5.91 Å². The second-order valence-electron chi connectivity index (χ2n) is 5.42. The Labute approximate surface area is 120 Å². The van der Waals surface area contributed by atoms with E-state index in [1.807, 2.05) is 0 Å². The SMILES string of the molecule is CC1CCCC1CNC(=O)c1cc(F)cc([N+](=O)[O-])c1F. The molecular formula is C14H16F2N2O3. The van der Waals surface area contributed by atoms with Crippen molar-refractivity contribution >= 4 is 11.6 Å². The quantitative estimate of drug-likeness (QED) is 0.686. The molecule has 1 N–H and O–H groups in total. The first kappa shape index (κ1) is 15.3. The molecule has 0 heterocycles. The second kappa shape index (κ2) is 6.15. The number of benzene rings is 1. The van der Waals surface area contributed by atoms with Crippen LogP contribution in [-0.4, -0.2) is 17.4 Å². The smallest absolute Gasteiger partial charge is 0.308 e. The van der Waals surface area contributed by atoms with Gasteiger partial charge in [-0.2, -0.15) is 4.39 Å². The maximum Gasteiger partial charge on any atom is 0.308 e. The summed E-state index contributed by atoms with van der Waals surface area (Å²) in [6, 6.07) is 1.14. The predicted octanol–water partition coefficient (Wildman–Crippen LogP) is 3.04. The Hall–Kier alpha value is -2.05. The van der Waals surface area contributed by atoms with E-state index in [0.717, 1.165) is 19.3 Å². The van der Waals surface area contributed by atoms with Gasteiger partial charge < -0.3 is 5.32 Å². The van der Waals surface area contributed by atoms with Crippen LogP contribution in [0.5, 0.6) is 0 Å². The average Bonchev–Trinajstić information content (AvgIpc) is 2.83. The van der Waals surface area contributed by atoms with Crippen LogP contribution >= 0.6 is 0 Å². The molecule has 21 heavy (non-hydrogen) atoms. The lowest BCUT2D eigenvalue weighted by Gasteiger charge is -2.16. The third-order valence-electron chi connectivity index (χ3n) is 4.02. The number of hydrogen-bond acceptors (Lipinski definition) is 3. The molecule has 1 aliphatic carbocycles. The lowest BCUT2D eigenvalue weighted by Crippen LogP contribution is -2.31. The molecule has 0 saturated heterocycles. The summed E-state index contributed by atoms with van der Waals surface area (Å²) in [5.41, 5.74) is -1.67. The van der Waals surface area contributed by atoms with Crippen LogP contribution in [0.15, 0.2) is 12.1 Å². The maximum absolute atomic E-state index is 13.9. The summed E-state index contributed by atoms with van der Waals surface area (Å²) in [6.45, 7) is 2.45. The van der Waals surface area contributed by atoms with Gasteiger partial charge in [-0.1, -0.05) is 19.8 Å². The number of carbonyl (C=O) groups is 1. The van der Waals surface area contributed by atoms with E-state index in [4.69, 9.17) is 0 Å². The molecule has 0 radical (unpaired) electrons. The van der Waals surface area contributed by atoms with Crippen molar-refractivity contribution in [2.24, 2.45) is 11.8 Å². The molecule has 0 bridgehead atoms.